The maximum atomic E-state index is 11.5. The Morgan fingerprint density at radius 2 is 1.69 bits per heavy atom. The molecule has 16 heavy (non-hydrogen) atoms. The van der Waals surface area contributed by atoms with Crippen LogP contribution < -0.4 is 4.90 Å². The van der Waals surface area contributed by atoms with E-state index in [1.807, 2.05) is 0 Å². The van der Waals surface area contributed by atoms with Crippen molar-refractivity contribution in [3.05, 3.63) is 0 Å². The predicted octanol–water partition coefficient (Wildman–Crippen LogP) is 0.659. The standard InChI is InChI=1S/C12H25NO2S/c1-3-5-8-13(9-6-4-2)12-7-10-16(14,15)11-12/h12H,3-11H2,1-2H3/p+1/t12-/m0/s1. The number of quaternary nitrogens is 1. The van der Waals surface area contributed by atoms with Gasteiger partial charge in [-0.3, -0.25) is 0 Å². The highest BCUT2D eigenvalue weighted by molar-refractivity contribution is 7.91. The maximum absolute atomic E-state index is 11.5. The molecule has 0 spiro atoms. The molecule has 1 fully saturated rings. The molecule has 0 aromatic carbocycles. The van der Waals surface area contributed by atoms with Gasteiger partial charge in [0.25, 0.3) is 0 Å². The SMILES string of the molecule is CCCC[NH+](CCCC)[C@H]1CCS(=O)(=O)C1. The lowest BCUT2D eigenvalue weighted by Crippen LogP contribution is -3.16. The van der Waals surface area contributed by atoms with E-state index in [1.54, 1.807) is 0 Å². The molecule has 4 heteroatoms. The Hall–Kier alpha value is -0.0900. The molecular formula is C12H26NO2S+. The molecule has 3 nitrogen and oxygen atoms in total. The van der Waals surface area contributed by atoms with E-state index in [0.717, 1.165) is 19.5 Å². The summed E-state index contributed by atoms with van der Waals surface area (Å²) < 4.78 is 23.0. The third-order valence-electron chi connectivity index (χ3n) is 3.51. The van der Waals surface area contributed by atoms with Gasteiger partial charge in [0.2, 0.25) is 0 Å². The lowest BCUT2D eigenvalue weighted by atomic mass is 10.2. The molecule has 0 unspecified atom stereocenters. The van der Waals surface area contributed by atoms with Crippen LogP contribution in [0.5, 0.6) is 0 Å². The Bertz CT molecular complexity index is 279. The number of sulfone groups is 1. The summed E-state index contributed by atoms with van der Waals surface area (Å²) in [6, 6.07) is 0.378. The molecule has 1 aliphatic rings. The Morgan fingerprint density at radius 1 is 1.12 bits per heavy atom. The minimum Gasteiger partial charge on any atom is -0.332 e. The van der Waals surface area contributed by atoms with Gasteiger partial charge in [-0.1, -0.05) is 26.7 Å². The van der Waals surface area contributed by atoms with Gasteiger partial charge in [-0.15, -0.1) is 0 Å². The van der Waals surface area contributed by atoms with Crippen LogP contribution in [0.1, 0.15) is 46.0 Å². The smallest absolute Gasteiger partial charge is 0.156 e. The van der Waals surface area contributed by atoms with E-state index in [1.165, 1.54) is 30.6 Å². The lowest BCUT2D eigenvalue weighted by molar-refractivity contribution is -0.922. The number of hydrogen-bond donors (Lipinski definition) is 1. The van der Waals surface area contributed by atoms with Gasteiger partial charge >= 0.3 is 0 Å². The predicted molar refractivity (Wildman–Crippen MR) is 67.6 cm³/mol. The van der Waals surface area contributed by atoms with Gasteiger partial charge in [0, 0.05) is 6.42 Å². The zero-order chi connectivity index (χ0) is 12.0. The number of nitrogens with one attached hydrogen (secondary N) is 1. The van der Waals surface area contributed by atoms with Crippen molar-refractivity contribution in [3.63, 3.8) is 0 Å². The van der Waals surface area contributed by atoms with Crippen molar-refractivity contribution < 1.29 is 13.3 Å². The average molecular weight is 248 g/mol. The summed E-state index contributed by atoms with van der Waals surface area (Å²) in [7, 11) is -2.71. The zero-order valence-electron chi connectivity index (χ0n) is 10.7. The molecule has 1 N–H and O–H groups in total. The van der Waals surface area contributed by atoms with Crippen LogP contribution in [-0.4, -0.2) is 39.1 Å². The van der Waals surface area contributed by atoms with Gasteiger partial charge in [0.1, 0.15) is 11.8 Å². The number of hydrogen-bond acceptors (Lipinski definition) is 2. The largest absolute Gasteiger partial charge is 0.332 e. The highest BCUT2D eigenvalue weighted by atomic mass is 32.2. The molecule has 0 aromatic heterocycles. The summed E-state index contributed by atoms with van der Waals surface area (Å²) in [6.45, 7) is 6.69. The van der Waals surface area contributed by atoms with Crippen molar-refractivity contribution in [1.82, 2.24) is 0 Å². The molecule has 0 saturated carbocycles. The van der Waals surface area contributed by atoms with Crippen LogP contribution in [0.4, 0.5) is 0 Å². The second kappa shape index (κ2) is 6.60. The third kappa shape index (κ3) is 4.42. The van der Waals surface area contributed by atoms with E-state index in [4.69, 9.17) is 0 Å². The molecule has 1 atom stereocenters. The van der Waals surface area contributed by atoms with Crippen molar-refractivity contribution >= 4 is 9.84 Å². The van der Waals surface area contributed by atoms with Crippen LogP contribution in [0.25, 0.3) is 0 Å². The lowest BCUT2D eigenvalue weighted by Gasteiger charge is -2.24. The van der Waals surface area contributed by atoms with E-state index < -0.39 is 9.84 Å². The number of rotatable bonds is 7. The van der Waals surface area contributed by atoms with Crippen molar-refractivity contribution in [2.24, 2.45) is 0 Å². The van der Waals surface area contributed by atoms with E-state index in [9.17, 15) is 8.42 Å². The fourth-order valence-electron chi connectivity index (χ4n) is 2.46. The Labute approximate surface area is 100 Å². The van der Waals surface area contributed by atoms with Crippen LogP contribution in [-0.2, 0) is 9.84 Å². The average Bonchev–Trinajstić information content (AvgIpc) is 2.59. The quantitative estimate of drug-likeness (QED) is 0.719. The van der Waals surface area contributed by atoms with Gasteiger partial charge in [0.05, 0.1) is 18.8 Å². The Balaban J connectivity index is 2.48. The molecule has 0 bridgehead atoms. The van der Waals surface area contributed by atoms with E-state index in [2.05, 4.69) is 13.8 Å². The maximum Gasteiger partial charge on any atom is 0.156 e. The van der Waals surface area contributed by atoms with E-state index in [0.29, 0.717) is 17.5 Å². The zero-order valence-corrected chi connectivity index (χ0v) is 11.5. The summed E-state index contributed by atoms with van der Waals surface area (Å²) >= 11 is 0. The first-order chi connectivity index (χ1) is 7.59. The first kappa shape index (κ1) is 14.0. The van der Waals surface area contributed by atoms with Crippen LogP contribution in [0, 0.1) is 0 Å². The van der Waals surface area contributed by atoms with Gasteiger partial charge in [-0.25, -0.2) is 8.42 Å². The van der Waals surface area contributed by atoms with Gasteiger partial charge in [0.15, 0.2) is 9.84 Å². The molecule has 1 heterocycles. The number of unbranched alkanes of at least 4 members (excludes halogenated alkanes) is 2. The topological polar surface area (TPSA) is 38.6 Å². The molecule has 0 aromatic rings. The molecule has 1 aliphatic heterocycles. The summed E-state index contributed by atoms with van der Waals surface area (Å²) in [5.74, 6) is 0.842. The van der Waals surface area contributed by atoms with Crippen molar-refractivity contribution in [2.75, 3.05) is 24.6 Å². The second-order valence-electron chi connectivity index (χ2n) is 4.97. The highest BCUT2D eigenvalue weighted by Crippen LogP contribution is 2.09. The van der Waals surface area contributed by atoms with Crippen molar-refractivity contribution in [2.45, 2.75) is 52.0 Å². The molecule has 0 aliphatic carbocycles. The normalized spacial score (nSPS) is 24.1. The highest BCUT2D eigenvalue weighted by Gasteiger charge is 2.34. The summed E-state index contributed by atoms with van der Waals surface area (Å²) in [4.78, 5) is 1.53. The molecule has 0 radical (unpaired) electrons. The first-order valence-corrected chi connectivity index (χ1v) is 8.46. The van der Waals surface area contributed by atoms with Gasteiger partial charge < -0.3 is 4.90 Å². The van der Waals surface area contributed by atoms with Gasteiger partial charge in [-0.05, 0) is 12.8 Å². The van der Waals surface area contributed by atoms with Crippen molar-refractivity contribution in [1.29, 1.82) is 0 Å². The molecule has 96 valence electrons. The second-order valence-corrected chi connectivity index (χ2v) is 7.19. The van der Waals surface area contributed by atoms with Crippen LogP contribution in [0.3, 0.4) is 0 Å². The molecule has 0 amide bonds. The first-order valence-electron chi connectivity index (χ1n) is 6.64. The molecular weight excluding hydrogens is 222 g/mol. The van der Waals surface area contributed by atoms with Gasteiger partial charge in [-0.2, -0.15) is 0 Å². The van der Waals surface area contributed by atoms with Crippen LogP contribution >= 0.6 is 0 Å². The fourth-order valence-corrected chi connectivity index (χ4v) is 4.28. The minimum atomic E-state index is -2.71. The summed E-state index contributed by atoms with van der Waals surface area (Å²) in [6.07, 6.45) is 5.72. The molecule has 1 rings (SSSR count). The van der Waals surface area contributed by atoms with E-state index >= 15 is 0 Å². The fraction of sp³-hybridized carbons (Fsp3) is 1.00. The third-order valence-corrected chi connectivity index (χ3v) is 5.28. The monoisotopic (exact) mass is 248 g/mol. The Kier molecular flexibility index (Phi) is 5.76. The van der Waals surface area contributed by atoms with E-state index in [-0.39, 0.29) is 0 Å². The summed E-state index contributed by atoms with van der Waals surface area (Å²) in [5, 5.41) is 0. The van der Waals surface area contributed by atoms with Crippen molar-refractivity contribution in [3.8, 4) is 0 Å². The minimum absolute atomic E-state index is 0.378. The summed E-state index contributed by atoms with van der Waals surface area (Å²) in [5.41, 5.74) is 0. The van der Waals surface area contributed by atoms with Crippen LogP contribution in [0.15, 0.2) is 0 Å². The van der Waals surface area contributed by atoms with Crippen LogP contribution in [0.2, 0.25) is 0 Å². The Morgan fingerprint density at radius 3 is 2.06 bits per heavy atom. The molecule has 1 saturated heterocycles.